The molecule has 0 bridgehead atoms. The summed E-state index contributed by atoms with van der Waals surface area (Å²) in [6, 6.07) is 13.3. The van der Waals surface area contributed by atoms with E-state index >= 15 is 0 Å². The van der Waals surface area contributed by atoms with Crippen LogP contribution in [0.2, 0.25) is 19.6 Å². The lowest BCUT2D eigenvalue weighted by Crippen LogP contribution is -2.29. The molecule has 0 radical (unpaired) electrons. The minimum Gasteiger partial charge on any atom is -0.516 e. The first-order valence-corrected chi connectivity index (χ1v) is 13.4. The van der Waals surface area contributed by atoms with Crippen LogP contribution in [0.4, 0.5) is 11.4 Å². The highest BCUT2D eigenvalue weighted by molar-refractivity contribution is 6.71. The first-order valence-electron chi connectivity index (χ1n) is 9.95. The van der Waals surface area contributed by atoms with Crippen LogP contribution < -0.4 is 10.6 Å². The molecule has 0 fully saturated rings. The van der Waals surface area contributed by atoms with Gasteiger partial charge in [-0.05, 0) is 68.2 Å². The molecule has 2 heterocycles. The molecule has 0 aliphatic heterocycles. The molecule has 32 heavy (non-hydrogen) atoms. The van der Waals surface area contributed by atoms with Crippen molar-refractivity contribution < 1.29 is 18.8 Å². The summed E-state index contributed by atoms with van der Waals surface area (Å²) in [5, 5.41) is 5.45. The van der Waals surface area contributed by atoms with Gasteiger partial charge in [0.2, 0.25) is 14.2 Å². The quantitative estimate of drug-likeness (QED) is 0.543. The summed E-state index contributed by atoms with van der Waals surface area (Å²) in [6.07, 6.45) is 2.98. The number of amides is 2. The second-order valence-electron chi connectivity index (χ2n) is 8.08. The molecule has 0 aliphatic carbocycles. The van der Waals surface area contributed by atoms with E-state index in [0.717, 1.165) is 0 Å². The van der Waals surface area contributed by atoms with Crippen molar-refractivity contribution in [1.82, 2.24) is 9.97 Å². The molecule has 0 saturated carbocycles. The Bertz CT molecular complexity index is 1140. The van der Waals surface area contributed by atoms with E-state index in [-0.39, 0.29) is 17.8 Å². The number of nitrogens with zero attached hydrogens (tertiary/aromatic N) is 2. The zero-order valence-corrected chi connectivity index (χ0v) is 19.3. The maximum atomic E-state index is 12.5. The topological polar surface area (TPSA) is 110 Å². The number of carbonyl (C=O) groups is 3. The zero-order chi connectivity index (χ0) is 23.3. The van der Waals surface area contributed by atoms with E-state index < -0.39 is 8.32 Å². The van der Waals surface area contributed by atoms with E-state index in [2.05, 4.69) is 20.6 Å². The number of hydrogen-bond donors (Lipinski definition) is 2. The van der Waals surface area contributed by atoms with E-state index in [4.69, 9.17) is 4.43 Å². The normalized spacial score (nSPS) is 10.9. The minimum atomic E-state index is -2.01. The van der Waals surface area contributed by atoms with Crippen LogP contribution in [0.1, 0.15) is 27.6 Å². The molecule has 1 aromatic carbocycles. The fourth-order valence-electron chi connectivity index (χ4n) is 2.76. The SMILES string of the molecule is CC(=O)Nc1ccc(NC(=O)c2ccc(-c3cc(C(=O)O[Si](C)(C)C)ccn3)nc2)cc1. The molecule has 0 unspecified atom stereocenters. The van der Waals surface area contributed by atoms with Crippen molar-refractivity contribution in [3.63, 3.8) is 0 Å². The number of carbonyl (C=O) groups excluding carboxylic acids is 3. The van der Waals surface area contributed by atoms with Crippen molar-refractivity contribution >= 4 is 37.5 Å². The molecule has 0 aliphatic rings. The fourth-order valence-corrected chi connectivity index (χ4v) is 3.43. The Hall–Kier alpha value is -3.85. The molecule has 8 nitrogen and oxygen atoms in total. The Morgan fingerprint density at radius 3 is 2.03 bits per heavy atom. The van der Waals surface area contributed by atoms with Crippen LogP contribution in [0, 0.1) is 0 Å². The van der Waals surface area contributed by atoms with Gasteiger partial charge in [0.1, 0.15) is 0 Å². The summed E-state index contributed by atoms with van der Waals surface area (Å²) in [5.41, 5.74) is 3.05. The molecular formula is C23H24N4O4Si. The van der Waals surface area contributed by atoms with E-state index in [9.17, 15) is 14.4 Å². The van der Waals surface area contributed by atoms with Gasteiger partial charge in [-0.25, -0.2) is 4.79 Å². The Morgan fingerprint density at radius 1 is 0.812 bits per heavy atom. The summed E-state index contributed by atoms with van der Waals surface area (Å²) in [6.45, 7) is 7.25. The van der Waals surface area contributed by atoms with Gasteiger partial charge in [0, 0.05) is 30.7 Å². The summed E-state index contributed by atoms with van der Waals surface area (Å²) in [5.74, 6) is -0.869. The fraction of sp³-hybridized carbons (Fsp3) is 0.174. The number of hydrogen-bond acceptors (Lipinski definition) is 6. The van der Waals surface area contributed by atoms with Gasteiger partial charge in [-0.3, -0.25) is 19.6 Å². The lowest BCUT2D eigenvalue weighted by atomic mass is 10.1. The van der Waals surface area contributed by atoms with Gasteiger partial charge in [0.25, 0.3) is 5.91 Å². The number of rotatable bonds is 6. The second-order valence-corrected chi connectivity index (χ2v) is 12.5. The lowest BCUT2D eigenvalue weighted by Gasteiger charge is -2.17. The number of nitrogens with one attached hydrogen (secondary N) is 2. The third-order valence-corrected chi connectivity index (χ3v) is 4.94. The van der Waals surface area contributed by atoms with Crippen LogP contribution in [-0.4, -0.2) is 36.1 Å². The second kappa shape index (κ2) is 9.52. The lowest BCUT2D eigenvalue weighted by molar-refractivity contribution is -0.114. The maximum Gasteiger partial charge on any atom is 0.324 e. The van der Waals surface area contributed by atoms with Crippen molar-refractivity contribution in [1.29, 1.82) is 0 Å². The van der Waals surface area contributed by atoms with Crippen molar-refractivity contribution in [3.8, 4) is 11.4 Å². The van der Waals surface area contributed by atoms with Crippen LogP contribution in [0.5, 0.6) is 0 Å². The number of pyridine rings is 2. The van der Waals surface area contributed by atoms with Crippen molar-refractivity contribution in [2.24, 2.45) is 0 Å². The third kappa shape index (κ3) is 6.32. The number of anilines is 2. The molecule has 3 aromatic rings. The van der Waals surface area contributed by atoms with Gasteiger partial charge >= 0.3 is 5.97 Å². The Kier molecular flexibility index (Phi) is 6.79. The van der Waals surface area contributed by atoms with Gasteiger partial charge in [-0.15, -0.1) is 0 Å². The average molecular weight is 449 g/mol. The predicted molar refractivity (Wildman–Crippen MR) is 125 cm³/mol. The molecule has 0 atom stereocenters. The monoisotopic (exact) mass is 448 g/mol. The van der Waals surface area contributed by atoms with Crippen LogP contribution in [0.25, 0.3) is 11.4 Å². The van der Waals surface area contributed by atoms with E-state index in [0.29, 0.717) is 33.9 Å². The van der Waals surface area contributed by atoms with Gasteiger partial charge in [-0.1, -0.05) is 0 Å². The molecule has 2 N–H and O–H groups in total. The highest BCUT2D eigenvalue weighted by Crippen LogP contribution is 2.19. The van der Waals surface area contributed by atoms with E-state index in [1.165, 1.54) is 19.3 Å². The molecular weight excluding hydrogens is 424 g/mol. The Labute approximate surface area is 187 Å². The van der Waals surface area contributed by atoms with Crippen molar-refractivity contribution in [2.45, 2.75) is 26.6 Å². The van der Waals surface area contributed by atoms with Crippen LogP contribution >= 0.6 is 0 Å². The van der Waals surface area contributed by atoms with Gasteiger partial charge in [0.05, 0.1) is 22.5 Å². The van der Waals surface area contributed by atoms with Crippen LogP contribution in [0.15, 0.2) is 60.9 Å². The molecule has 0 saturated heterocycles. The average Bonchev–Trinajstić information content (AvgIpc) is 2.74. The van der Waals surface area contributed by atoms with Crippen LogP contribution in [0.3, 0.4) is 0 Å². The van der Waals surface area contributed by atoms with Crippen LogP contribution in [-0.2, 0) is 9.22 Å². The third-order valence-electron chi connectivity index (χ3n) is 4.15. The minimum absolute atomic E-state index is 0.166. The van der Waals surface area contributed by atoms with Gasteiger partial charge in [-0.2, -0.15) is 0 Å². The summed E-state index contributed by atoms with van der Waals surface area (Å²) >= 11 is 0. The van der Waals surface area contributed by atoms with Gasteiger partial charge in [0.15, 0.2) is 0 Å². The Balaban J connectivity index is 1.69. The van der Waals surface area contributed by atoms with Gasteiger partial charge < -0.3 is 15.1 Å². The first-order chi connectivity index (χ1) is 15.1. The molecule has 0 spiro atoms. The highest BCUT2D eigenvalue weighted by atomic mass is 28.4. The molecule has 9 heteroatoms. The first kappa shape index (κ1) is 22.8. The summed E-state index contributed by atoms with van der Waals surface area (Å²) in [7, 11) is -2.01. The highest BCUT2D eigenvalue weighted by Gasteiger charge is 2.21. The molecule has 3 rings (SSSR count). The standard InChI is InChI=1S/C23H24N4O4Si/c1-15(28)26-18-6-8-19(9-7-18)27-22(29)17-5-10-20(25-14-17)21-13-16(11-12-24-21)23(30)31-32(2,3)4/h5-14H,1-4H3,(H,26,28)(H,27,29). The molecule has 2 amide bonds. The van der Waals surface area contributed by atoms with Crippen molar-refractivity contribution in [2.75, 3.05) is 10.6 Å². The van der Waals surface area contributed by atoms with E-state index in [1.807, 2.05) is 19.6 Å². The number of aromatic nitrogens is 2. The summed E-state index contributed by atoms with van der Waals surface area (Å²) in [4.78, 5) is 44.5. The smallest absolute Gasteiger partial charge is 0.324 e. The van der Waals surface area contributed by atoms with Crippen molar-refractivity contribution in [3.05, 3.63) is 72.1 Å². The zero-order valence-electron chi connectivity index (χ0n) is 18.3. The maximum absolute atomic E-state index is 12.5. The number of benzene rings is 1. The van der Waals surface area contributed by atoms with E-state index in [1.54, 1.807) is 48.5 Å². The molecule has 164 valence electrons. The molecule has 2 aromatic heterocycles. The largest absolute Gasteiger partial charge is 0.516 e. The predicted octanol–water partition coefficient (Wildman–Crippen LogP) is 4.35. The Morgan fingerprint density at radius 2 is 1.47 bits per heavy atom. The summed E-state index contributed by atoms with van der Waals surface area (Å²) < 4.78 is 5.53.